The maximum Gasteiger partial charge on any atom is 0.259 e. The molecule has 1 unspecified atom stereocenters. The topological polar surface area (TPSA) is 110 Å². The first-order valence-corrected chi connectivity index (χ1v) is 8.17. The average molecular weight is 337 g/mol. The van der Waals surface area contributed by atoms with Gasteiger partial charge in [-0.2, -0.15) is 0 Å². The van der Waals surface area contributed by atoms with Crippen molar-refractivity contribution >= 4 is 10.0 Å². The van der Waals surface area contributed by atoms with E-state index in [4.69, 9.17) is 8.83 Å². The third kappa shape index (κ3) is 2.93. The number of sulfonamides is 1. The van der Waals surface area contributed by atoms with E-state index in [-0.39, 0.29) is 17.3 Å². The second kappa shape index (κ2) is 5.69. The molecule has 0 saturated heterocycles. The third-order valence-corrected chi connectivity index (χ3v) is 4.69. The van der Waals surface area contributed by atoms with Gasteiger partial charge in [-0.05, 0) is 18.2 Å². The summed E-state index contributed by atoms with van der Waals surface area (Å²) >= 11 is 0. The molecule has 3 heterocycles. The second-order valence-electron chi connectivity index (χ2n) is 5.05. The number of imidazole rings is 1. The molecule has 0 aliphatic rings. The number of nitrogens with one attached hydrogen (secondary N) is 1. The molecule has 3 rings (SSSR count). The highest BCUT2D eigenvalue weighted by atomic mass is 32.2. The predicted octanol–water partition coefficient (Wildman–Crippen LogP) is 0.820. The van der Waals surface area contributed by atoms with Crippen molar-refractivity contribution in [3.05, 3.63) is 60.8 Å². The minimum atomic E-state index is -3.87. The van der Waals surface area contributed by atoms with Crippen LogP contribution in [0.5, 0.6) is 0 Å². The minimum absolute atomic E-state index is 0.131. The van der Waals surface area contributed by atoms with E-state index in [2.05, 4.69) is 9.71 Å². The van der Waals surface area contributed by atoms with Crippen molar-refractivity contribution in [2.45, 2.75) is 10.6 Å². The standard InChI is InChI=1S/C14H15N3O5S/c1-17-7-13(15-10-17)23(19,20)16-9-14(18,11-4-6-21-8-11)12-3-2-5-22-12/h2-8,10,16,18H,9H2,1H3. The van der Waals surface area contributed by atoms with Gasteiger partial charge in [0.25, 0.3) is 10.0 Å². The molecule has 3 aromatic heterocycles. The van der Waals surface area contributed by atoms with E-state index in [1.54, 1.807) is 19.2 Å². The lowest BCUT2D eigenvalue weighted by atomic mass is 9.94. The lowest BCUT2D eigenvalue weighted by Crippen LogP contribution is -2.41. The van der Waals surface area contributed by atoms with Crippen LogP contribution in [-0.2, 0) is 22.7 Å². The van der Waals surface area contributed by atoms with E-state index >= 15 is 0 Å². The Kier molecular flexibility index (Phi) is 3.84. The molecular formula is C14H15N3O5S. The summed E-state index contributed by atoms with van der Waals surface area (Å²) in [6.45, 7) is -0.334. The van der Waals surface area contributed by atoms with Gasteiger partial charge in [0.15, 0.2) is 10.6 Å². The van der Waals surface area contributed by atoms with Crippen LogP contribution in [0, 0.1) is 0 Å². The summed E-state index contributed by atoms with van der Waals surface area (Å²) in [5.41, 5.74) is -1.32. The summed E-state index contributed by atoms with van der Waals surface area (Å²) in [5.74, 6) is 0.197. The van der Waals surface area contributed by atoms with Crippen LogP contribution in [0.2, 0.25) is 0 Å². The first-order valence-electron chi connectivity index (χ1n) is 6.68. The van der Waals surface area contributed by atoms with Crippen LogP contribution in [0.4, 0.5) is 0 Å². The first kappa shape index (κ1) is 15.5. The first-order chi connectivity index (χ1) is 10.9. The van der Waals surface area contributed by atoms with E-state index in [9.17, 15) is 13.5 Å². The number of nitrogens with zero attached hydrogens (tertiary/aromatic N) is 2. The Balaban J connectivity index is 1.89. The molecule has 0 spiro atoms. The summed E-state index contributed by atoms with van der Waals surface area (Å²) in [4.78, 5) is 3.80. The lowest BCUT2D eigenvalue weighted by molar-refractivity contribution is 0.0613. The quantitative estimate of drug-likeness (QED) is 0.689. The average Bonchev–Trinajstić information content (AvgIpc) is 3.25. The van der Waals surface area contributed by atoms with Crippen molar-refractivity contribution < 1.29 is 22.4 Å². The van der Waals surface area contributed by atoms with E-state index in [0.29, 0.717) is 5.56 Å². The zero-order valence-corrected chi connectivity index (χ0v) is 13.0. The van der Waals surface area contributed by atoms with Crippen molar-refractivity contribution in [3.63, 3.8) is 0 Å². The fourth-order valence-electron chi connectivity index (χ4n) is 2.15. The van der Waals surface area contributed by atoms with Crippen molar-refractivity contribution in [2.24, 2.45) is 7.05 Å². The van der Waals surface area contributed by atoms with E-state index in [1.807, 2.05) is 0 Å². The molecule has 0 radical (unpaired) electrons. The largest absolute Gasteiger partial charge is 0.472 e. The number of furan rings is 2. The number of hydrogen-bond acceptors (Lipinski definition) is 6. The summed E-state index contributed by atoms with van der Waals surface area (Å²) in [7, 11) is -2.21. The van der Waals surface area contributed by atoms with Gasteiger partial charge >= 0.3 is 0 Å². The van der Waals surface area contributed by atoms with Crippen LogP contribution in [0.15, 0.2) is 63.4 Å². The van der Waals surface area contributed by atoms with Gasteiger partial charge in [-0.1, -0.05) is 0 Å². The SMILES string of the molecule is Cn1cnc(S(=O)(=O)NCC(O)(c2ccoc2)c2ccco2)c1. The Bertz CT molecular complexity index is 831. The van der Waals surface area contributed by atoms with Gasteiger partial charge < -0.3 is 18.5 Å². The number of rotatable bonds is 6. The maximum atomic E-state index is 12.3. The van der Waals surface area contributed by atoms with Gasteiger partial charge in [-0.25, -0.2) is 18.1 Å². The number of hydrogen-bond donors (Lipinski definition) is 2. The van der Waals surface area contributed by atoms with Crippen LogP contribution in [0.3, 0.4) is 0 Å². The Morgan fingerprint density at radius 3 is 2.78 bits per heavy atom. The zero-order valence-electron chi connectivity index (χ0n) is 12.2. The van der Waals surface area contributed by atoms with Gasteiger partial charge in [0, 0.05) is 18.8 Å². The summed E-state index contributed by atoms with van der Waals surface area (Å²) in [5, 5.41) is 10.8. The van der Waals surface area contributed by atoms with Crippen molar-refractivity contribution in [1.82, 2.24) is 14.3 Å². The fraction of sp³-hybridized carbons (Fsp3) is 0.214. The second-order valence-corrected chi connectivity index (χ2v) is 6.77. The highest BCUT2D eigenvalue weighted by molar-refractivity contribution is 7.89. The van der Waals surface area contributed by atoms with E-state index in [0.717, 1.165) is 0 Å². The number of aromatic nitrogens is 2. The molecule has 0 aliphatic carbocycles. The van der Waals surface area contributed by atoms with Crippen LogP contribution in [0.25, 0.3) is 0 Å². The molecule has 0 amide bonds. The van der Waals surface area contributed by atoms with Gasteiger partial charge in [0.2, 0.25) is 0 Å². The Hall–Kier alpha value is -2.36. The molecule has 2 N–H and O–H groups in total. The summed E-state index contributed by atoms with van der Waals surface area (Å²) in [6, 6.07) is 4.70. The zero-order chi connectivity index (χ0) is 16.5. The van der Waals surface area contributed by atoms with Crippen molar-refractivity contribution in [2.75, 3.05) is 6.54 Å². The molecule has 0 aliphatic heterocycles. The highest BCUT2D eigenvalue weighted by Crippen LogP contribution is 2.30. The van der Waals surface area contributed by atoms with Crippen LogP contribution in [0.1, 0.15) is 11.3 Å². The van der Waals surface area contributed by atoms with Gasteiger partial charge in [-0.15, -0.1) is 0 Å². The smallest absolute Gasteiger partial charge is 0.259 e. The minimum Gasteiger partial charge on any atom is -0.472 e. The monoisotopic (exact) mass is 337 g/mol. The molecule has 23 heavy (non-hydrogen) atoms. The predicted molar refractivity (Wildman–Crippen MR) is 78.8 cm³/mol. The van der Waals surface area contributed by atoms with Gasteiger partial charge in [0.05, 0.1) is 31.7 Å². The molecule has 0 bridgehead atoms. The molecule has 122 valence electrons. The van der Waals surface area contributed by atoms with Gasteiger partial charge in [-0.3, -0.25) is 0 Å². The maximum absolute atomic E-state index is 12.3. The molecule has 8 nitrogen and oxygen atoms in total. The van der Waals surface area contributed by atoms with Crippen LogP contribution in [-0.4, -0.2) is 29.6 Å². The Morgan fingerprint density at radius 2 is 2.22 bits per heavy atom. The molecule has 1 atom stereocenters. The molecule has 9 heteroatoms. The Labute approximate surface area is 132 Å². The summed E-state index contributed by atoms with van der Waals surface area (Å²) in [6.07, 6.45) is 6.86. The summed E-state index contributed by atoms with van der Waals surface area (Å²) < 4.78 is 38.7. The molecule has 0 saturated carbocycles. The van der Waals surface area contributed by atoms with Crippen molar-refractivity contribution in [3.8, 4) is 0 Å². The van der Waals surface area contributed by atoms with Crippen LogP contribution >= 0.6 is 0 Å². The highest BCUT2D eigenvalue weighted by Gasteiger charge is 2.37. The fourth-order valence-corrected chi connectivity index (χ4v) is 3.18. The Morgan fingerprint density at radius 1 is 1.39 bits per heavy atom. The van der Waals surface area contributed by atoms with E-state index in [1.165, 1.54) is 41.9 Å². The third-order valence-electron chi connectivity index (χ3n) is 3.40. The number of aryl methyl sites for hydroxylation is 1. The molecule has 0 aromatic carbocycles. The van der Waals surface area contributed by atoms with Crippen molar-refractivity contribution in [1.29, 1.82) is 0 Å². The normalized spacial score (nSPS) is 14.7. The molecule has 0 fully saturated rings. The van der Waals surface area contributed by atoms with Crippen LogP contribution < -0.4 is 4.72 Å². The van der Waals surface area contributed by atoms with E-state index < -0.39 is 15.6 Å². The molecule has 3 aromatic rings. The molecular weight excluding hydrogens is 322 g/mol. The number of aliphatic hydroxyl groups is 1. The van der Waals surface area contributed by atoms with Gasteiger partial charge in [0.1, 0.15) is 5.76 Å². The lowest BCUT2D eigenvalue weighted by Gasteiger charge is -2.24.